The highest BCUT2D eigenvalue weighted by atomic mass is 16.5. The maximum Gasteiger partial charge on any atom is 0.137 e. The number of rotatable bonds is 6. The normalized spacial score (nSPS) is 22.2. The Hall–Kier alpha value is -1.17. The fourth-order valence-electron chi connectivity index (χ4n) is 2.90. The van der Waals surface area contributed by atoms with Gasteiger partial charge in [0.15, 0.2) is 0 Å². The molecule has 21 heavy (non-hydrogen) atoms. The van der Waals surface area contributed by atoms with Crippen LogP contribution in [0.15, 0.2) is 18.5 Å². The highest BCUT2D eigenvalue weighted by Gasteiger charge is 2.30. The SMILES string of the molecule is CCCNC(c1cncc(OC)c1)C1CN(C)CCN1C. The van der Waals surface area contributed by atoms with Crippen molar-refractivity contribution >= 4 is 0 Å². The van der Waals surface area contributed by atoms with Crippen LogP contribution in [0.25, 0.3) is 0 Å². The number of aromatic nitrogens is 1. The van der Waals surface area contributed by atoms with Crippen LogP contribution in [0.5, 0.6) is 5.75 Å². The molecule has 1 aromatic rings. The fraction of sp³-hybridized carbons (Fsp3) is 0.688. The number of methoxy groups -OCH3 is 1. The lowest BCUT2D eigenvalue weighted by atomic mass is 9.97. The predicted molar refractivity (Wildman–Crippen MR) is 85.7 cm³/mol. The van der Waals surface area contributed by atoms with Gasteiger partial charge in [0.2, 0.25) is 0 Å². The molecule has 5 heteroatoms. The number of ether oxygens (including phenoxy) is 1. The van der Waals surface area contributed by atoms with Crippen molar-refractivity contribution in [3.05, 3.63) is 24.0 Å². The highest BCUT2D eigenvalue weighted by molar-refractivity contribution is 5.27. The molecule has 5 nitrogen and oxygen atoms in total. The maximum atomic E-state index is 5.33. The van der Waals surface area contributed by atoms with Gasteiger partial charge < -0.3 is 15.0 Å². The zero-order chi connectivity index (χ0) is 15.2. The van der Waals surface area contributed by atoms with Crippen LogP contribution in [0.4, 0.5) is 0 Å². The minimum absolute atomic E-state index is 0.278. The quantitative estimate of drug-likeness (QED) is 0.858. The average Bonchev–Trinajstić information content (AvgIpc) is 2.51. The van der Waals surface area contributed by atoms with Gasteiger partial charge in [-0.05, 0) is 38.7 Å². The molecule has 118 valence electrons. The topological polar surface area (TPSA) is 40.6 Å². The number of nitrogens with zero attached hydrogens (tertiary/aromatic N) is 3. The summed E-state index contributed by atoms with van der Waals surface area (Å²) in [5, 5.41) is 3.69. The lowest BCUT2D eigenvalue weighted by molar-refractivity contribution is 0.0874. The molecule has 2 unspecified atom stereocenters. The first kappa shape index (κ1) is 16.2. The van der Waals surface area contributed by atoms with E-state index in [0.717, 1.165) is 38.3 Å². The Morgan fingerprint density at radius 1 is 1.38 bits per heavy atom. The molecule has 2 rings (SSSR count). The molecular formula is C16H28N4O. The standard InChI is InChI=1S/C16H28N4O/c1-5-6-18-16(13-9-14(21-4)11-17-10-13)15-12-19(2)7-8-20(15)3/h9-11,15-16,18H,5-8,12H2,1-4H3. The zero-order valence-corrected chi connectivity index (χ0v) is 13.7. The summed E-state index contributed by atoms with van der Waals surface area (Å²) < 4.78 is 5.33. The van der Waals surface area contributed by atoms with Gasteiger partial charge in [-0.1, -0.05) is 6.92 Å². The van der Waals surface area contributed by atoms with E-state index in [4.69, 9.17) is 4.74 Å². The largest absolute Gasteiger partial charge is 0.495 e. The molecule has 1 aromatic heterocycles. The summed E-state index contributed by atoms with van der Waals surface area (Å²) in [7, 11) is 6.10. The third kappa shape index (κ3) is 4.15. The van der Waals surface area contributed by atoms with Gasteiger partial charge in [-0.2, -0.15) is 0 Å². The Balaban J connectivity index is 2.23. The molecule has 0 aromatic carbocycles. The first-order chi connectivity index (χ1) is 10.2. The summed E-state index contributed by atoms with van der Waals surface area (Å²) in [6.45, 7) is 6.50. The summed E-state index contributed by atoms with van der Waals surface area (Å²) in [4.78, 5) is 9.18. The van der Waals surface area contributed by atoms with Gasteiger partial charge in [-0.25, -0.2) is 0 Å². The minimum atomic E-state index is 0.278. The summed E-state index contributed by atoms with van der Waals surface area (Å²) in [5.41, 5.74) is 1.20. The average molecular weight is 292 g/mol. The first-order valence-electron chi connectivity index (χ1n) is 7.76. The second-order valence-electron chi connectivity index (χ2n) is 5.90. The van der Waals surface area contributed by atoms with E-state index in [1.54, 1.807) is 13.3 Å². The Morgan fingerprint density at radius 3 is 2.90 bits per heavy atom. The molecule has 1 fully saturated rings. The fourth-order valence-corrected chi connectivity index (χ4v) is 2.90. The van der Waals surface area contributed by atoms with Crippen molar-refractivity contribution < 1.29 is 4.74 Å². The predicted octanol–water partition coefficient (Wildman–Crippen LogP) is 1.38. The molecule has 0 spiro atoms. The van der Waals surface area contributed by atoms with Gasteiger partial charge in [0.25, 0.3) is 0 Å². The molecule has 1 N–H and O–H groups in total. The smallest absolute Gasteiger partial charge is 0.137 e. The van der Waals surface area contributed by atoms with Gasteiger partial charge in [-0.15, -0.1) is 0 Å². The Morgan fingerprint density at radius 2 is 2.19 bits per heavy atom. The van der Waals surface area contributed by atoms with Crippen molar-refractivity contribution in [1.82, 2.24) is 20.1 Å². The molecule has 0 amide bonds. The van der Waals surface area contributed by atoms with E-state index in [1.807, 2.05) is 6.20 Å². The van der Waals surface area contributed by atoms with Crippen LogP contribution < -0.4 is 10.1 Å². The molecule has 1 saturated heterocycles. The van der Waals surface area contributed by atoms with Crippen LogP contribution in [0.3, 0.4) is 0 Å². The third-order valence-corrected chi connectivity index (χ3v) is 4.23. The van der Waals surface area contributed by atoms with Crippen molar-refractivity contribution in [2.45, 2.75) is 25.4 Å². The number of hydrogen-bond donors (Lipinski definition) is 1. The van der Waals surface area contributed by atoms with Gasteiger partial charge >= 0.3 is 0 Å². The van der Waals surface area contributed by atoms with Gasteiger partial charge in [0.1, 0.15) is 5.75 Å². The maximum absolute atomic E-state index is 5.33. The van der Waals surface area contributed by atoms with E-state index in [1.165, 1.54) is 5.56 Å². The Labute approximate surface area is 128 Å². The highest BCUT2D eigenvalue weighted by Crippen LogP contribution is 2.25. The van der Waals surface area contributed by atoms with Gasteiger partial charge in [-0.3, -0.25) is 9.88 Å². The van der Waals surface area contributed by atoms with Crippen LogP contribution in [0.2, 0.25) is 0 Å². The van der Waals surface area contributed by atoms with Crippen LogP contribution in [-0.2, 0) is 0 Å². The molecule has 0 aliphatic carbocycles. The summed E-state index contributed by atoms with van der Waals surface area (Å²) in [6.07, 6.45) is 4.84. The van der Waals surface area contributed by atoms with Crippen molar-refractivity contribution in [3.63, 3.8) is 0 Å². The van der Waals surface area contributed by atoms with E-state index in [2.05, 4.69) is 47.2 Å². The van der Waals surface area contributed by atoms with E-state index < -0.39 is 0 Å². The lowest BCUT2D eigenvalue weighted by Crippen LogP contribution is -2.55. The number of piperazine rings is 1. The molecule has 2 heterocycles. The number of nitrogens with one attached hydrogen (secondary N) is 1. The van der Waals surface area contributed by atoms with Crippen LogP contribution in [0, 0.1) is 0 Å². The Kier molecular flexibility index (Phi) is 5.96. The first-order valence-corrected chi connectivity index (χ1v) is 7.76. The number of pyridine rings is 1. The molecule has 0 radical (unpaired) electrons. The van der Waals surface area contributed by atoms with Crippen molar-refractivity contribution in [3.8, 4) is 5.75 Å². The molecule has 2 atom stereocenters. The van der Waals surface area contributed by atoms with Crippen LogP contribution >= 0.6 is 0 Å². The van der Waals surface area contributed by atoms with Crippen molar-refractivity contribution in [1.29, 1.82) is 0 Å². The van der Waals surface area contributed by atoms with Gasteiger partial charge in [0, 0.05) is 31.9 Å². The van der Waals surface area contributed by atoms with Crippen molar-refractivity contribution in [2.75, 3.05) is 47.4 Å². The minimum Gasteiger partial charge on any atom is -0.495 e. The summed E-state index contributed by atoms with van der Waals surface area (Å²) in [6, 6.07) is 2.83. The molecule has 0 saturated carbocycles. The zero-order valence-electron chi connectivity index (χ0n) is 13.7. The van der Waals surface area contributed by atoms with E-state index in [-0.39, 0.29) is 6.04 Å². The second kappa shape index (κ2) is 7.73. The second-order valence-corrected chi connectivity index (χ2v) is 5.90. The van der Waals surface area contributed by atoms with E-state index in [0.29, 0.717) is 6.04 Å². The molecule has 0 bridgehead atoms. The van der Waals surface area contributed by atoms with E-state index >= 15 is 0 Å². The molecule has 1 aliphatic rings. The molecular weight excluding hydrogens is 264 g/mol. The summed E-state index contributed by atoms with van der Waals surface area (Å²) >= 11 is 0. The van der Waals surface area contributed by atoms with E-state index in [9.17, 15) is 0 Å². The summed E-state index contributed by atoms with van der Waals surface area (Å²) in [5.74, 6) is 0.822. The lowest BCUT2D eigenvalue weighted by Gasteiger charge is -2.42. The van der Waals surface area contributed by atoms with Crippen LogP contribution in [-0.4, -0.2) is 68.2 Å². The number of likely N-dealkylation sites (N-methyl/N-ethyl adjacent to an activating group) is 2. The molecule has 1 aliphatic heterocycles. The number of hydrogen-bond acceptors (Lipinski definition) is 5. The third-order valence-electron chi connectivity index (χ3n) is 4.23. The van der Waals surface area contributed by atoms with Gasteiger partial charge in [0.05, 0.1) is 19.3 Å². The monoisotopic (exact) mass is 292 g/mol. The Bertz CT molecular complexity index is 440. The van der Waals surface area contributed by atoms with Crippen molar-refractivity contribution in [2.24, 2.45) is 0 Å². The van der Waals surface area contributed by atoms with Crippen LogP contribution in [0.1, 0.15) is 24.9 Å².